The minimum Gasteiger partial charge on any atom is -0.297 e. The fourth-order valence-corrected chi connectivity index (χ4v) is 5.01. The Bertz CT molecular complexity index is 1120. The van der Waals surface area contributed by atoms with Gasteiger partial charge in [-0.05, 0) is 48.2 Å². The highest BCUT2D eigenvalue weighted by Gasteiger charge is 2.31. The molecule has 1 aliphatic rings. The van der Waals surface area contributed by atoms with E-state index in [0.717, 1.165) is 24.0 Å². The van der Waals surface area contributed by atoms with E-state index in [4.69, 9.17) is 0 Å². The molecule has 3 aromatic carbocycles. The van der Waals surface area contributed by atoms with E-state index in [9.17, 15) is 8.42 Å². The van der Waals surface area contributed by atoms with Gasteiger partial charge >= 0.3 is 0 Å². The van der Waals surface area contributed by atoms with Gasteiger partial charge in [0.15, 0.2) is 0 Å². The third-order valence-electron chi connectivity index (χ3n) is 5.88. The Morgan fingerprint density at radius 3 is 2.28 bits per heavy atom. The normalized spacial score (nSPS) is 18.8. The minimum absolute atomic E-state index is 0. The molecule has 1 aliphatic heterocycles. The number of rotatable bonds is 6. The number of benzene rings is 3. The van der Waals surface area contributed by atoms with Gasteiger partial charge in [0.05, 0.1) is 24.2 Å². The first kappa shape index (κ1) is 24.3. The van der Waals surface area contributed by atoms with Gasteiger partial charge in [-0.1, -0.05) is 72.8 Å². The predicted molar refractivity (Wildman–Crippen MR) is 134 cm³/mol. The molecule has 32 heavy (non-hydrogen) atoms. The smallest absolute Gasteiger partial charge is 0.229 e. The second kappa shape index (κ2) is 10.5. The monoisotopic (exact) mass is 471 g/mol. The van der Waals surface area contributed by atoms with Gasteiger partial charge < -0.3 is 0 Å². The molecule has 7 heteroatoms. The number of hydrogen-bond donors (Lipinski definition) is 2. The molecule has 0 fully saturated rings. The quantitative estimate of drug-likeness (QED) is 0.553. The van der Waals surface area contributed by atoms with Gasteiger partial charge in [0.1, 0.15) is 0 Å². The highest BCUT2D eigenvalue weighted by atomic mass is 35.5. The summed E-state index contributed by atoms with van der Waals surface area (Å²) < 4.78 is 26.7. The zero-order chi connectivity index (χ0) is 21.8. The zero-order valence-electron chi connectivity index (χ0n) is 18.4. The Hall–Kier alpha value is -2.38. The fourth-order valence-electron chi connectivity index (χ4n) is 4.42. The van der Waals surface area contributed by atoms with Crippen LogP contribution in [0.5, 0.6) is 0 Å². The van der Waals surface area contributed by atoms with E-state index in [2.05, 4.69) is 76.6 Å². The molecule has 0 saturated heterocycles. The first-order chi connectivity index (χ1) is 14.9. The summed E-state index contributed by atoms with van der Waals surface area (Å²) in [5.41, 5.74) is 5.27. The van der Waals surface area contributed by atoms with Crippen molar-refractivity contribution in [1.29, 1.82) is 0 Å². The Morgan fingerprint density at radius 1 is 0.969 bits per heavy atom. The van der Waals surface area contributed by atoms with Crippen LogP contribution >= 0.6 is 12.4 Å². The van der Waals surface area contributed by atoms with E-state index in [-0.39, 0.29) is 24.6 Å². The third kappa shape index (κ3) is 5.70. The summed E-state index contributed by atoms with van der Waals surface area (Å²) in [5.74, 6) is 0. The number of fused-ring (bicyclic) bond motifs is 1. The van der Waals surface area contributed by atoms with Crippen LogP contribution in [0, 0.1) is 0 Å². The van der Waals surface area contributed by atoms with Gasteiger partial charge in [0.25, 0.3) is 0 Å². The summed E-state index contributed by atoms with van der Waals surface area (Å²) in [7, 11) is -1.22. The van der Waals surface area contributed by atoms with Gasteiger partial charge in [-0.2, -0.15) is 0 Å². The zero-order valence-corrected chi connectivity index (χ0v) is 20.0. The molecular formula is C25H30ClN3O2S. The summed E-state index contributed by atoms with van der Waals surface area (Å²) in [6, 6.07) is 26.8. The summed E-state index contributed by atoms with van der Waals surface area (Å²) in [6.45, 7) is 0.598. The molecule has 0 aromatic heterocycles. The topological polar surface area (TPSA) is 61.4 Å². The average molecular weight is 472 g/mol. The molecule has 0 radical (unpaired) electrons. The summed E-state index contributed by atoms with van der Waals surface area (Å²) in [4.78, 5) is 2.37. The predicted octanol–water partition coefficient (Wildman–Crippen LogP) is 4.56. The Morgan fingerprint density at radius 2 is 1.62 bits per heavy atom. The van der Waals surface area contributed by atoms with E-state index >= 15 is 0 Å². The summed E-state index contributed by atoms with van der Waals surface area (Å²) >= 11 is 0. The maximum Gasteiger partial charge on any atom is 0.229 e. The van der Waals surface area contributed by atoms with Gasteiger partial charge in [0, 0.05) is 6.54 Å². The van der Waals surface area contributed by atoms with Crippen LogP contribution < -0.4 is 10.0 Å². The van der Waals surface area contributed by atoms with Gasteiger partial charge in [-0.15, -0.1) is 12.4 Å². The van der Waals surface area contributed by atoms with Crippen LogP contribution in [0.3, 0.4) is 0 Å². The SMILES string of the molecule is CN1C(CCc2ccccc2)NCc2c(NS(C)(=O)=O)cccc2C1c1ccccc1.Cl. The number of aryl methyl sites for hydroxylation is 1. The Labute approximate surface area is 197 Å². The second-order valence-electron chi connectivity index (χ2n) is 8.15. The van der Waals surface area contributed by atoms with Gasteiger partial charge in [0.2, 0.25) is 10.0 Å². The number of halogens is 1. The molecule has 1 heterocycles. The second-order valence-corrected chi connectivity index (χ2v) is 9.90. The molecular weight excluding hydrogens is 442 g/mol. The van der Waals surface area contributed by atoms with Crippen molar-refractivity contribution in [3.8, 4) is 0 Å². The molecule has 0 spiro atoms. The van der Waals surface area contributed by atoms with Crippen LogP contribution in [-0.2, 0) is 23.0 Å². The first-order valence-electron chi connectivity index (χ1n) is 10.6. The Kier molecular flexibility index (Phi) is 7.96. The van der Waals surface area contributed by atoms with Crippen LogP contribution in [0.15, 0.2) is 78.9 Å². The minimum atomic E-state index is -3.37. The molecule has 2 N–H and O–H groups in total. The number of anilines is 1. The molecule has 2 atom stereocenters. The van der Waals surface area contributed by atoms with Crippen LogP contribution in [0.4, 0.5) is 5.69 Å². The number of hydrogen-bond acceptors (Lipinski definition) is 4. The van der Waals surface area contributed by atoms with E-state index in [0.29, 0.717) is 12.2 Å². The number of nitrogens with one attached hydrogen (secondary N) is 2. The highest BCUT2D eigenvalue weighted by Crippen LogP contribution is 2.37. The van der Waals surface area contributed by atoms with Crippen molar-refractivity contribution >= 4 is 28.1 Å². The lowest BCUT2D eigenvalue weighted by atomic mass is 9.92. The molecule has 0 aliphatic carbocycles. The van der Waals surface area contributed by atoms with E-state index in [1.54, 1.807) is 0 Å². The van der Waals surface area contributed by atoms with Crippen LogP contribution in [0.25, 0.3) is 0 Å². The third-order valence-corrected chi connectivity index (χ3v) is 6.47. The highest BCUT2D eigenvalue weighted by molar-refractivity contribution is 7.92. The first-order valence-corrected chi connectivity index (χ1v) is 12.5. The van der Waals surface area contributed by atoms with Gasteiger partial charge in [-0.3, -0.25) is 14.9 Å². The molecule has 3 aromatic rings. The standard InChI is InChI=1S/C25H29N3O2S.ClH/c1-28-24(17-16-19-10-5-3-6-11-19)26-18-22-21(25(28)20-12-7-4-8-13-20)14-9-15-23(22)27-31(2,29)30;/h3-15,24-27H,16-18H2,1-2H3;1H. The van der Waals surface area contributed by atoms with Crippen LogP contribution in [0.1, 0.15) is 34.7 Å². The maximum absolute atomic E-state index is 12.0. The van der Waals surface area contributed by atoms with Crippen molar-refractivity contribution in [1.82, 2.24) is 10.2 Å². The molecule has 4 rings (SSSR count). The van der Waals surface area contributed by atoms with Crippen molar-refractivity contribution in [2.24, 2.45) is 0 Å². The van der Waals surface area contributed by atoms with Crippen LogP contribution in [0.2, 0.25) is 0 Å². The molecule has 170 valence electrons. The van der Waals surface area contributed by atoms with Crippen molar-refractivity contribution < 1.29 is 8.42 Å². The molecule has 5 nitrogen and oxygen atoms in total. The lowest BCUT2D eigenvalue weighted by Crippen LogP contribution is -2.43. The summed E-state index contributed by atoms with van der Waals surface area (Å²) in [5, 5.41) is 3.67. The molecule has 0 bridgehead atoms. The van der Waals surface area contributed by atoms with Crippen molar-refractivity contribution in [3.05, 3.63) is 101 Å². The molecule has 0 saturated carbocycles. The van der Waals surface area contributed by atoms with E-state index in [1.165, 1.54) is 17.4 Å². The lowest BCUT2D eigenvalue weighted by molar-refractivity contribution is 0.164. The molecule has 2 unspecified atom stereocenters. The Balaban J connectivity index is 0.00000289. The molecule has 0 amide bonds. The maximum atomic E-state index is 12.0. The largest absolute Gasteiger partial charge is 0.297 e. The number of nitrogens with zero attached hydrogens (tertiary/aromatic N) is 1. The van der Waals surface area contributed by atoms with E-state index in [1.807, 2.05) is 24.3 Å². The fraction of sp³-hybridized carbons (Fsp3) is 0.280. The van der Waals surface area contributed by atoms with Crippen molar-refractivity contribution in [3.63, 3.8) is 0 Å². The van der Waals surface area contributed by atoms with Gasteiger partial charge in [-0.25, -0.2) is 8.42 Å². The average Bonchev–Trinajstić information content (AvgIpc) is 2.89. The summed E-state index contributed by atoms with van der Waals surface area (Å²) in [6.07, 6.45) is 3.26. The van der Waals surface area contributed by atoms with Crippen LogP contribution in [-0.4, -0.2) is 32.8 Å². The van der Waals surface area contributed by atoms with Crippen molar-refractivity contribution in [2.45, 2.75) is 31.6 Å². The number of sulfonamides is 1. The van der Waals surface area contributed by atoms with Crippen molar-refractivity contribution in [2.75, 3.05) is 18.0 Å². The van der Waals surface area contributed by atoms with E-state index < -0.39 is 10.0 Å². The lowest BCUT2D eigenvalue weighted by Gasteiger charge is -2.34.